The quantitative estimate of drug-likeness (QED) is 0.642. The Balaban J connectivity index is 2.28. The van der Waals surface area contributed by atoms with E-state index >= 15 is 0 Å². The van der Waals surface area contributed by atoms with Gasteiger partial charge in [-0.05, 0) is 18.9 Å². The Bertz CT molecular complexity index is 119. The highest BCUT2D eigenvalue weighted by Crippen LogP contribution is 2.13. The fourth-order valence-electron chi connectivity index (χ4n) is 1.57. The van der Waals surface area contributed by atoms with E-state index in [1.54, 1.807) is 0 Å². The van der Waals surface area contributed by atoms with Gasteiger partial charge in [-0.25, -0.2) is 4.39 Å². The van der Waals surface area contributed by atoms with Gasteiger partial charge in [-0.2, -0.15) is 0 Å². The summed E-state index contributed by atoms with van der Waals surface area (Å²) < 4.78 is 11.9. The molecule has 11 heavy (non-hydrogen) atoms. The van der Waals surface area contributed by atoms with Gasteiger partial charge in [-0.1, -0.05) is 6.92 Å². The summed E-state index contributed by atoms with van der Waals surface area (Å²) in [4.78, 5) is 2.15. The van der Waals surface area contributed by atoms with Crippen LogP contribution in [0, 0.1) is 5.92 Å². The lowest BCUT2D eigenvalue weighted by Crippen LogP contribution is -2.46. The summed E-state index contributed by atoms with van der Waals surface area (Å²) in [7, 11) is 0. The Kier molecular flexibility index (Phi) is 3.27. The minimum atomic E-state index is -0.234. The number of rotatable bonds is 2. The van der Waals surface area contributed by atoms with Gasteiger partial charge in [0, 0.05) is 19.1 Å². The van der Waals surface area contributed by atoms with Crippen molar-refractivity contribution in [3.8, 4) is 0 Å². The number of hydrogen-bond acceptors (Lipinski definition) is 2. The number of likely N-dealkylation sites (tertiary alicyclic amines) is 1. The standard InChI is InChI=1S/C8H17FN2/c1-7-6-11(5-3-9)4-2-8(7)10/h7-8H,2-6,10H2,1H3. The third kappa shape index (κ3) is 2.42. The molecule has 1 aliphatic rings. The molecule has 0 amide bonds. The van der Waals surface area contributed by atoms with Crippen LogP contribution in [-0.2, 0) is 0 Å². The molecule has 3 heteroatoms. The second kappa shape index (κ2) is 4.02. The Labute approximate surface area is 67.6 Å². The van der Waals surface area contributed by atoms with Gasteiger partial charge in [-0.3, -0.25) is 0 Å². The SMILES string of the molecule is CC1CN(CCF)CCC1N. The molecule has 2 unspecified atom stereocenters. The molecule has 0 aromatic heterocycles. The maximum absolute atomic E-state index is 11.9. The van der Waals surface area contributed by atoms with Crippen LogP contribution in [0.5, 0.6) is 0 Å². The topological polar surface area (TPSA) is 29.3 Å². The molecule has 66 valence electrons. The van der Waals surface area contributed by atoms with E-state index in [0.717, 1.165) is 19.5 Å². The number of hydrogen-bond donors (Lipinski definition) is 1. The average Bonchev–Trinajstić information content (AvgIpc) is 1.98. The second-order valence-electron chi connectivity index (χ2n) is 3.42. The van der Waals surface area contributed by atoms with Crippen LogP contribution in [0.3, 0.4) is 0 Å². The number of alkyl halides is 1. The minimum Gasteiger partial charge on any atom is -0.327 e. The van der Waals surface area contributed by atoms with Crippen molar-refractivity contribution in [2.75, 3.05) is 26.3 Å². The van der Waals surface area contributed by atoms with Crippen molar-refractivity contribution < 1.29 is 4.39 Å². The van der Waals surface area contributed by atoms with Crippen molar-refractivity contribution in [3.05, 3.63) is 0 Å². The highest BCUT2D eigenvalue weighted by atomic mass is 19.1. The molecule has 2 atom stereocenters. The van der Waals surface area contributed by atoms with E-state index in [1.165, 1.54) is 0 Å². The van der Waals surface area contributed by atoms with Gasteiger partial charge in [0.05, 0.1) is 0 Å². The van der Waals surface area contributed by atoms with Crippen molar-refractivity contribution in [1.29, 1.82) is 0 Å². The molecule has 1 saturated heterocycles. The first-order valence-electron chi connectivity index (χ1n) is 4.28. The van der Waals surface area contributed by atoms with Crippen LogP contribution >= 0.6 is 0 Å². The Hall–Kier alpha value is -0.150. The largest absolute Gasteiger partial charge is 0.327 e. The summed E-state index contributed by atoms with van der Waals surface area (Å²) in [5.41, 5.74) is 5.82. The maximum atomic E-state index is 11.9. The Morgan fingerprint density at radius 2 is 2.36 bits per heavy atom. The molecule has 0 aromatic rings. The number of nitrogens with two attached hydrogens (primary N) is 1. The second-order valence-corrected chi connectivity index (χ2v) is 3.42. The first kappa shape index (κ1) is 8.94. The minimum absolute atomic E-state index is 0.234. The summed E-state index contributed by atoms with van der Waals surface area (Å²) in [6.07, 6.45) is 1.02. The summed E-state index contributed by atoms with van der Waals surface area (Å²) >= 11 is 0. The van der Waals surface area contributed by atoms with Crippen LogP contribution in [0.1, 0.15) is 13.3 Å². The van der Waals surface area contributed by atoms with E-state index in [1.807, 2.05) is 0 Å². The molecule has 0 aromatic carbocycles. The van der Waals surface area contributed by atoms with Crippen LogP contribution in [0.2, 0.25) is 0 Å². The van der Waals surface area contributed by atoms with Gasteiger partial charge in [-0.15, -0.1) is 0 Å². The third-order valence-corrected chi connectivity index (χ3v) is 2.46. The van der Waals surface area contributed by atoms with Crippen molar-refractivity contribution >= 4 is 0 Å². The molecule has 0 aliphatic carbocycles. The van der Waals surface area contributed by atoms with E-state index in [9.17, 15) is 4.39 Å². The predicted molar refractivity (Wildman–Crippen MR) is 44.2 cm³/mol. The lowest BCUT2D eigenvalue weighted by Gasteiger charge is -2.34. The molecule has 0 spiro atoms. The zero-order valence-corrected chi connectivity index (χ0v) is 7.09. The smallest absolute Gasteiger partial charge is 0.102 e. The van der Waals surface area contributed by atoms with E-state index in [-0.39, 0.29) is 6.67 Å². The Morgan fingerprint density at radius 3 is 2.91 bits per heavy atom. The van der Waals surface area contributed by atoms with Crippen LogP contribution in [0.25, 0.3) is 0 Å². The van der Waals surface area contributed by atoms with Crippen molar-refractivity contribution in [3.63, 3.8) is 0 Å². The molecular formula is C8H17FN2. The summed E-state index contributed by atoms with van der Waals surface area (Å²) in [6.45, 7) is 4.41. The summed E-state index contributed by atoms with van der Waals surface area (Å²) in [5.74, 6) is 0.523. The van der Waals surface area contributed by atoms with Crippen molar-refractivity contribution in [1.82, 2.24) is 4.90 Å². The maximum Gasteiger partial charge on any atom is 0.102 e. The van der Waals surface area contributed by atoms with Crippen molar-refractivity contribution in [2.45, 2.75) is 19.4 Å². The highest BCUT2D eigenvalue weighted by molar-refractivity contribution is 4.79. The molecule has 0 bridgehead atoms. The van der Waals surface area contributed by atoms with E-state index in [4.69, 9.17) is 5.73 Å². The first-order chi connectivity index (χ1) is 5.24. The molecule has 1 heterocycles. The van der Waals surface area contributed by atoms with Gasteiger partial charge >= 0.3 is 0 Å². The van der Waals surface area contributed by atoms with Crippen LogP contribution < -0.4 is 5.73 Å². The Morgan fingerprint density at radius 1 is 1.64 bits per heavy atom. The number of nitrogens with zero attached hydrogens (tertiary/aromatic N) is 1. The molecule has 2 nitrogen and oxygen atoms in total. The summed E-state index contributed by atoms with van der Waals surface area (Å²) in [5, 5.41) is 0. The van der Waals surface area contributed by atoms with Crippen LogP contribution in [0.4, 0.5) is 4.39 Å². The predicted octanol–water partition coefficient (Wildman–Crippen LogP) is 0.625. The van der Waals surface area contributed by atoms with E-state index < -0.39 is 0 Å². The number of halogens is 1. The van der Waals surface area contributed by atoms with E-state index in [0.29, 0.717) is 18.5 Å². The monoisotopic (exact) mass is 160 g/mol. The van der Waals surface area contributed by atoms with Gasteiger partial charge in [0.2, 0.25) is 0 Å². The molecule has 1 fully saturated rings. The first-order valence-corrected chi connectivity index (χ1v) is 4.28. The molecule has 0 radical (unpaired) electrons. The zero-order chi connectivity index (χ0) is 8.27. The van der Waals surface area contributed by atoms with Gasteiger partial charge in [0.15, 0.2) is 0 Å². The van der Waals surface area contributed by atoms with Crippen LogP contribution in [-0.4, -0.2) is 37.3 Å². The normalized spacial score (nSPS) is 34.1. The molecule has 2 N–H and O–H groups in total. The lowest BCUT2D eigenvalue weighted by atomic mass is 9.95. The summed E-state index contributed by atoms with van der Waals surface area (Å²) in [6, 6.07) is 0.325. The fraction of sp³-hybridized carbons (Fsp3) is 1.00. The van der Waals surface area contributed by atoms with Crippen LogP contribution in [0.15, 0.2) is 0 Å². The zero-order valence-electron chi connectivity index (χ0n) is 7.09. The molecule has 1 aliphatic heterocycles. The molecule has 1 rings (SSSR count). The average molecular weight is 160 g/mol. The highest BCUT2D eigenvalue weighted by Gasteiger charge is 2.22. The molecular weight excluding hydrogens is 143 g/mol. The van der Waals surface area contributed by atoms with Gasteiger partial charge < -0.3 is 10.6 Å². The molecule has 0 saturated carbocycles. The lowest BCUT2D eigenvalue weighted by molar-refractivity contribution is 0.154. The van der Waals surface area contributed by atoms with Gasteiger partial charge in [0.1, 0.15) is 6.67 Å². The van der Waals surface area contributed by atoms with Gasteiger partial charge in [0.25, 0.3) is 0 Å². The van der Waals surface area contributed by atoms with E-state index in [2.05, 4.69) is 11.8 Å². The fourth-order valence-corrected chi connectivity index (χ4v) is 1.57. The third-order valence-electron chi connectivity index (χ3n) is 2.46. The van der Waals surface area contributed by atoms with Crippen molar-refractivity contribution in [2.24, 2.45) is 11.7 Å². The number of piperidine rings is 1.